The van der Waals surface area contributed by atoms with Gasteiger partial charge in [0.2, 0.25) is 5.88 Å². The topological polar surface area (TPSA) is 94.0 Å². The number of ether oxygens (including phenoxy) is 2. The fourth-order valence-electron chi connectivity index (χ4n) is 4.66. The number of carbonyl (C=O) groups is 2. The van der Waals surface area contributed by atoms with Crippen molar-refractivity contribution in [2.75, 3.05) is 31.1 Å². The minimum Gasteiger partial charge on any atom is -0.473 e. The predicted octanol–water partition coefficient (Wildman–Crippen LogP) is 6.31. The van der Waals surface area contributed by atoms with Crippen molar-refractivity contribution < 1.29 is 27.8 Å². The molecule has 4 aromatic rings. The molecule has 0 fully saturated rings. The van der Waals surface area contributed by atoms with Crippen molar-refractivity contribution in [2.24, 2.45) is 0 Å². The van der Waals surface area contributed by atoms with Gasteiger partial charge in [0.15, 0.2) is 0 Å². The van der Waals surface area contributed by atoms with Crippen molar-refractivity contribution in [3.05, 3.63) is 100 Å². The van der Waals surface area contributed by atoms with Gasteiger partial charge in [-0.25, -0.2) is 23.6 Å². The molecule has 236 valence electrons. The molecule has 4 rings (SSSR count). The number of hydrogen-bond donors (Lipinski definition) is 2. The number of halogens is 2. The van der Waals surface area contributed by atoms with Gasteiger partial charge in [0.05, 0.1) is 27.9 Å². The van der Waals surface area contributed by atoms with Crippen LogP contribution in [0.2, 0.25) is 0 Å². The number of alkyl carbamates (subject to hydrolysis) is 1. The highest BCUT2D eigenvalue weighted by Crippen LogP contribution is 2.37. The van der Waals surface area contributed by atoms with E-state index in [9.17, 15) is 18.4 Å². The van der Waals surface area contributed by atoms with E-state index in [1.165, 1.54) is 22.7 Å². The second-order valence-corrected chi connectivity index (χ2v) is 16.7. The Hall–Kier alpha value is -4.12. The third-order valence-corrected chi connectivity index (χ3v) is 8.62. The molecule has 44 heavy (non-hydrogen) atoms. The maximum absolute atomic E-state index is 14.2. The molecule has 2 heterocycles. The molecule has 0 spiro atoms. The first-order chi connectivity index (χ1) is 20.7. The summed E-state index contributed by atoms with van der Waals surface area (Å²) in [4.78, 5) is 26.5. The van der Waals surface area contributed by atoms with Gasteiger partial charge in [0.25, 0.3) is 5.91 Å². The first-order valence-corrected chi connectivity index (χ1v) is 17.3. The normalized spacial score (nSPS) is 13.3. The first-order valence-electron chi connectivity index (χ1n) is 14.2. The fraction of sp³-hybridized carbons (Fsp3) is 0.364. The molecule has 11 heteroatoms. The summed E-state index contributed by atoms with van der Waals surface area (Å²) in [6.45, 7) is 5.37. The number of rotatable bonds is 12. The Kier molecular flexibility index (Phi) is 10.2. The number of amides is 2. The Morgan fingerprint density at radius 3 is 2.32 bits per heavy atom. The molecule has 0 bridgehead atoms. The molecule has 0 saturated heterocycles. The highest BCUT2D eigenvalue weighted by molar-refractivity contribution is 8.32. The van der Waals surface area contributed by atoms with E-state index in [1.54, 1.807) is 19.1 Å². The Morgan fingerprint density at radius 1 is 0.977 bits per heavy atom. The van der Waals surface area contributed by atoms with E-state index in [-0.39, 0.29) is 37.1 Å². The number of pyridine rings is 1. The summed E-state index contributed by atoms with van der Waals surface area (Å²) < 4.78 is 41.1. The minimum absolute atomic E-state index is 0.133. The van der Waals surface area contributed by atoms with Crippen LogP contribution in [0.4, 0.5) is 13.6 Å². The first kappa shape index (κ1) is 32.8. The lowest BCUT2D eigenvalue weighted by Gasteiger charge is -2.35. The van der Waals surface area contributed by atoms with E-state index in [4.69, 9.17) is 9.47 Å². The van der Waals surface area contributed by atoms with Crippen LogP contribution in [0.25, 0.3) is 5.52 Å². The lowest BCUT2D eigenvalue weighted by molar-refractivity contribution is 0.0930. The Bertz CT molecular complexity index is 1620. The molecule has 2 amide bonds. The average Bonchev–Trinajstić information content (AvgIpc) is 3.29. The molecule has 0 radical (unpaired) electrons. The van der Waals surface area contributed by atoms with Crippen LogP contribution in [0.15, 0.2) is 60.7 Å². The van der Waals surface area contributed by atoms with Crippen molar-refractivity contribution in [3.8, 4) is 5.88 Å². The van der Waals surface area contributed by atoms with Crippen LogP contribution in [0, 0.1) is 25.5 Å². The summed E-state index contributed by atoms with van der Waals surface area (Å²) >= 11 is 0. The molecule has 0 aliphatic rings. The van der Waals surface area contributed by atoms with Crippen molar-refractivity contribution >= 4 is 27.5 Å². The van der Waals surface area contributed by atoms with Crippen LogP contribution in [0.1, 0.15) is 46.1 Å². The summed E-state index contributed by atoms with van der Waals surface area (Å²) in [6, 6.07) is 16.5. The quantitative estimate of drug-likeness (QED) is 0.192. The van der Waals surface area contributed by atoms with Crippen molar-refractivity contribution in [1.29, 1.82) is 0 Å². The molecule has 1 unspecified atom stereocenters. The summed E-state index contributed by atoms with van der Waals surface area (Å²) in [7, 11) is -0.885. The summed E-state index contributed by atoms with van der Waals surface area (Å²) in [6.07, 6.45) is 6.66. The smallest absolute Gasteiger partial charge is 0.407 e. The Labute approximate surface area is 258 Å². The van der Waals surface area contributed by atoms with E-state index < -0.39 is 33.3 Å². The van der Waals surface area contributed by atoms with Crippen LogP contribution in [-0.2, 0) is 18.0 Å². The molecule has 0 aliphatic carbocycles. The van der Waals surface area contributed by atoms with Crippen molar-refractivity contribution in [2.45, 2.75) is 45.9 Å². The van der Waals surface area contributed by atoms with Gasteiger partial charge in [-0.3, -0.25) is 4.79 Å². The lowest BCUT2D eigenvalue weighted by atomic mass is 9.98. The molecule has 0 saturated carbocycles. The van der Waals surface area contributed by atoms with Crippen LogP contribution < -0.4 is 15.4 Å². The number of nitrogens with zero attached hydrogens (tertiary/aromatic N) is 2. The largest absolute Gasteiger partial charge is 0.473 e. The van der Waals surface area contributed by atoms with Gasteiger partial charge in [0, 0.05) is 12.6 Å². The van der Waals surface area contributed by atoms with Gasteiger partial charge in [-0.05, 0) is 81.0 Å². The highest BCUT2D eigenvalue weighted by atomic mass is 32.3. The van der Waals surface area contributed by atoms with E-state index in [2.05, 4.69) is 34.5 Å². The van der Waals surface area contributed by atoms with Crippen LogP contribution in [0.3, 0.4) is 0 Å². The zero-order chi connectivity index (χ0) is 32.1. The molecule has 2 N–H and O–H groups in total. The fourth-order valence-corrected chi connectivity index (χ4v) is 5.72. The van der Waals surface area contributed by atoms with Gasteiger partial charge in [-0.15, -0.1) is 0 Å². The standard InChI is InChI=1S/C33H40F2N4O4S/c1-22-17-28-30(23(2)38-39(28)29(18-22)42-20-25-26(34)13-10-14-27(25)35)31(40)36-21-33(3,15-16-44(4,5)6)37-32(41)43-19-24-11-8-7-9-12-24/h7-14,17-18H,15-16,19-21H2,1-6H3,(H,36,40)(H,37,41). The second kappa shape index (κ2) is 13.7. The Morgan fingerprint density at radius 2 is 1.66 bits per heavy atom. The molecular weight excluding hydrogens is 586 g/mol. The highest BCUT2D eigenvalue weighted by Gasteiger charge is 2.30. The number of aryl methyl sites for hydroxylation is 2. The number of nitrogens with one attached hydrogen (secondary N) is 2. The summed E-state index contributed by atoms with van der Waals surface area (Å²) in [5, 5.41) is 10.5. The number of fused-ring (bicyclic) bond motifs is 1. The number of carbonyl (C=O) groups excluding carboxylic acids is 2. The summed E-state index contributed by atoms with van der Waals surface area (Å²) in [5.41, 5.74) is 1.94. The van der Waals surface area contributed by atoms with Crippen LogP contribution in [-0.4, -0.2) is 58.2 Å². The van der Waals surface area contributed by atoms with Crippen LogP contribution >= 0.6 is 10.0 Å². The van der Waals surface area contributed by atoms with E-state index in [0.29, 0.717) is 23.2 Å². The van der Waals surface area contributed by atoms with Crippen molar-refractivity contribution in [3.63, 3.8) is 0 Å². The van der Waals surface area contributed by atoms with Crippen LogP contribution in [0.5, 0.6) is 5.88 Å². The van der Waals surface area contributed by atoms with Gasteiger partial charge in [0.1, 0.15) is 24.8 Å². The van der Waals surface area contributed by atoms with Gasteiger partial charge < -0.3 is 20.1 Å². The predicted molar refractivity (Wildman–Crippen MR) is 171 cm³/mol. The molecule has 0 aliphatic heterocycles. The maximum Gasteiger partial charge on any atom is 0.407 e. The number of hydrogen-bond acceptors (Lipinski definition) is 5. The zero-order valence-electron chi connectivity index (χ0n) is 26.0. The summed E-state index contributed by atoms with van der Waals surface area (Å²) in [5.74, 6) is -0.677. The van der Waals surface area contributed by atoms with Gasteiger partial charge in [-0.1, -0.05) is 36.4 Å². The minimum atomic E-state index is -0.885. The maximum atomic E-state index is 14.2. The van der Waals surface area contributed by atoms with Gasteiger partial charge >= 0.3 is 6.09 Å². The van der Waals surface area contributed by atoms with Crippen molar-refractivity contribution in [1.82, 2.24) is 20.2 Å². The Balaban J connectivity index is 1.51. The lowest BCUT2D eigenvalue weighted by Crippen LogP contribution is -2.54. The molecule has 8 nitrogen and oxygen atoms in total. The molecular formula is C33H40F2N4O4S. The third-order valence-electron chi connectivity index (χ3n) is 7.20. The van der Waals surface area contributed by atoms with E-state index in [1.807, 2.05) is 44.2 Å². The van der Waals surface area contributed by atoms with E-state index in [0.717, 1.165) is 16.9 Å². The van der Waals surface area contributed by atoms with Gasteiger partial charge in [-0.2, -0.15) is 9.61 Å². The number of aromatic nitrogens is 2. The molecule has 1 atom stereocenters. The monoisotopic (exact) mass is 626 g/mol. The molecule has 2 aromatic carbocycles. The third kappa shape index (κ3) is 8.49. The SMILES string of the molecule is Cc1cc(OCc2c(F)cccc2F)n2nc(C)c(C(=O)NCC(C)(CCS(C)(C)C)NC(=O)OCc3ccccc3)c2c1. The van der Waals surface area contributed by atoms with E-state index >= 15 is 0 Å². The average molecular weight is 627 g/mol. The molecule has 2 aromatic heterocycles. The number of benzene rings is 2. The second-order valence-electron chi connectivity index (χ2n) is 12.1. The zero-order valence-corrected chi connectivity index (χ0v) is 26.8.